The molecule has 0 radical (unpaired) electrons. The van der Waals surface area contributed by atoms with E-state index in [1.807, 2.05) is 20.8 Å². The highest BCUT2D eigenvalue weighted by Crippen LogP contribution is 2.43. The molecule has 4 aliphatic rings. The monoisotopic (exact) mass is 553 g/mol. The van der Waals surface area contributed by atoms with Crippen LogP contribution in [0.15, 0.2) is 48.8 Å². The smallest absolute Gasteiger partial charge is 0.407 e. The third kappa shape index (κ3) is 5.18. The van der Waals surface area contributed by atoms with Crippen molar-refractivity contribution < 1.29 is 19.1 Å². The Morgan fingerprint density at radius 1 is 1.15 bits per heavy atom. The predicted octanol–water partition coefficient (Wildman–Crippen LogP) is 7.54. The van der Waals surface area contributed by atoms with Gasteiger partial charge >= 0.3 is 12.1 Å². The van der Waals surface area contributed by atoms with E-state index in [2.05, 4.69) is 52.3 Å². The van der Waals surface area contributed by atoms with Crippen molar-refractivity contribution in [2.24, 2.45) is 0 Å². The van der Waals surface area contributed by atoms with Crippen molar-refractivity contribution in [2.45, 2.75) is 83.2 Å². The summed E-state index contributed by atoms with van der Waals surface area (Å²) in [6.07, 6.45) is 15.4. The van der Waals surface area contributed by atoms with E-state index < -0.39 is 11.7 Å². The molecule has 2 aliphatic carbocycles. The standard InChI is InChI=1S/C34H39N3O4/c1-34(2,3)41-33(39)35-17-16-22-12-8-15-25-29(22)28-18-23-13-9-14-24(21-10-6-5-7-11-21)31(23)37(28)20-27-26(32(38)40-4)19-36-30(25)27/h8-9,12-14,18-22H,5-7,10-11,15-17H2,1-4H3,(H,35,39). The maximum atomic E-state index is 12.8. The highest BCUT2D eigenvalue weighted by Gasteiger charge is 2.29. The van der Waals surface area contributed by atoms with Crippen molar-refractivity contribution in [2.75, 3.05) is 13.7 Å². The van der Waals surface area contributed by atoms with Gasteiger partial charge in [-0.2, -0.15) is 0 Å². The van der Waals surface area contributed by atoms with Crippen LogP contribution in [0.5, 0.6) is 0 Å². The van der Waals surface area contributed by atoms with Gasteiger partial charge in [0.15, 0.2) is 0 Å². The number of carbonyl (C=O) groups excluding carboxylic acids is 2. The Labute approximate surface area is 241 Å². The number of hydrogen-bond donors (Lipinski definition) is 1. The molecule has 2 aromatic rings. The lowest BCUT2D eigenvalue weighted by Crippen LogP contribution is -2.33. The number of aromatic nitrogens is 2. The van der Waals surface area contributed by atoms with Gasteiger partial charge in [-0.15, -0.1) is 0 Å². The minimum Gasteiger partial charge on any atom is -0.465 e. The summed E-state index contributed by atoms with van der Waals surface area (Å²) in [6.45, 7) is 6.07. The Balaban J connectivity index is 1.52. The van der Waals surface area contributed by atoms with Gasteiger partial charge in [-0.1, -0.05) is 49.6 Å². The molecule has 0 bridgehead atoms. The second-order valence-corrected chi connectivity index (χ2v) is 12.4. The number of esters is 1. The van der Waals surface area contributed by atoms with Crippen LogP contribution < -0.4 is 5.32 Å². The fraction of sp³-hybridized carbons (Fsp3) is 0.441. The zero-order valence-corrected chi connectivity index (χ0v) is 24.5. The Morgan fingerprint density at radius 3 is 2.71 bits per heavy atom. The van der Waals surface area contributed by atoms with Crippen LogP contribution >= 0.6 is 0 Å². The molecular formula is C34H39N3O4. The molecule has 1 atom stereocenters. The molecule has 1 aromatic carbocycles. The van der Waals surface area contributed by atoms with Crippen molar-refractivity contribution in [1.29, 1.82) is 0 Å². The fourth-order valence-electron chi connectivity index (χ4n) is 6.80. The highest BCUT2D eigenvalue weighted by molar-refractivity contribution is 5.99. The van der Waals surface area contributed by atoms with Crippen LogP contribution in [0.25, 0.3) is 27.7 Å². The molecule has 1 aromatic heterocycles. The van der Waals surface area contributed by atoms with E-state index in [1.165, 1.54) is 61.2 Å². The van der Waals surface area contributed by atoms with Gasteiger partial charge in [0.25, 0.3) is 0 Å². The maximum absolute atomic E-state index is 12.8. The van der Waals surface area contributed by atoms with E-state index >= 15 is 0 Å². The minimum absolute atomic E-state index is 0.0625. The highest BCUT2D eigenvalue weighted by atomic mass is 16.6. The maximum Gasteiger partial charge on any atom is 0.407 e. The summed E-state index contributed by atoms with van der Waals surface area (Å²) < 4.78 is 12.9. The van der Waals surface area contributed by atoms with Gasteiger partial charge in [-0.25, -0.2) is 9.59 Å². The molecule has 6 rings (SSSR count). The molecule has 0 saturated heterocycles. The number of alkyl carbamates (subject to hydrolysis) is 1. The lowest BCUT2D eigenvalue weighted by atomic mass is 9.83. The average Bonchev–Trinajstić information content (AvgIpc) is 3.50. The summed E-state index contributed by atoms with van der Waals surface area (Å²) in [5.74, 6) is 0.204. The van der Waals surface area contributed by atoms with E-state index in [1.54, 1.807) is 6.20 Å². The first-order valence-electron chi connectivity index (χ1n) is 14.8. The van der Waals surface area contributed by atoms with Gasteiger partial charge < -0.3 is 19.2 Å². The lowest BCUT2D eigenvalue weighted by molar-refractivity contribution is 0.0525. The molecule has 3 heterocycles. The first-order valence-corrected chi connectivity index (χ1v) is 14.8. The number of methoxy groups -OCH3 is 1. The minimum atomic E-state index is -0.546. The number of fused-ring (bicyclic) bond motifs is 7. The molecule has 2 aliphatic heterocycles. The second-order valence-electron chi connectivity index (χ2n) is 12.4. The first-order chi connectivity index (χ1) is 19.7. The molecule has 1 amide bonds. The molecule has 7 heteroatoms. The normalized spacial score (nSPS) is 17.6. The summed E-state index contributed by atoms with van der Waals surface area (Å²) in [6, 6.07) is 8.96. The van der Waals surface area contributed by atoms with Crippen molar-refractivity contribution >= 4 is 28.5 Å². The Kier molecular flexibility index (Phi) is 7.22. The van der Waals surface area contributed by atoms with E-state index in [-0.39, 0.29) is 11.9 Å². The molecule has 1 saturated carbocycles. The van der Waals surface area contributed by atoms with Crippen molar-refractivity contribution in [3.63, 3.8) is 0 Å². The molecule has 7 nitrogen and oxygen atoms in total. The van der Waals surface area contributed by atoms with Gasteiger partial charge in [0.1, 0.15) is 5.60 Å². The molecule has 1 unspecified atom stereocenters. The van der Waals surface area contributed by atoms with E-state index in [4.69, 9.17) is 14.5 Å². The number of rotatable bonds is 5. The number of allylic oxidation sites excluding steroid dienone is 2. The van der Waals surface area contributed by atoms with Crippen molar-refractivity contribution in [1.82, 2.24) is 14.7 Å². The number of carbonyl (C=O) groups is 2. The number of nitrogens with zero attached hydrogens (tertiary/aromatic N) is 2. The first kappa shape index (κ1) is 27.3. The van der Waals surface area contributed by atoms with E-state index in [0.717, 1.165) is 28.8 Å². The van der Waals surface area contributed by atoms with Crippen LogP contribution in [0.4, 0.5) is 4.79 Å². The quantitative estimate of drug-likeness (QED) is 0.204. The van der Waals surface area contributed by atoms with Gasteiger partial charge in [0.05, 0.1) is 29.4 Å². The van der Waals surface area contributed by atoms with Crippen molar-refractivity contribution in [3.8, 4) is 11.3 Å². The largest absolute Gasteiger partial charge is 0.465 e. The predicted molar refractivity (Wildman–Crippen MR) is 161 cm³/mol. The summed E-state index contributed by atoms with van der Waals surface area (Å²) in [4.78, 5) is 30.0. The fourth-order valence-corrected chi connectivity index (χ4v) is 6.80. The van der Waals surface area contributed by atoms with Gasteiger partial charge in [0.2, 0.25) is 0 Å². The number of nitrogens with one attached hydrogen (secondary N) is 1. The van der Waals surface area contributed by atoms with Crippen LogP contribution in [0, 0.1) is 0 Å². The van der Waals surface area contributed by atoms with E-state index in [0.29, 0.717) is 24.4 Å². The number of amides is 1. The van der Waals surface area contributed by atoms with Crippen LogP contribution in [0.2, 0.25) is 0 Å². The summed E-state index contributed by atoms with van der Waals surface area (Å²) >= 11 is 0. The Morgan fingerprint density at radius 2 is 1.95 bits per heavy atom. The zero-order chi connectivity index (χ0) is 28.7. The Hall–Kier alpha value is -3.87. The molecule has 1 N–H and O–H groups in total. The molecule has 214 valence electrons. The number of para-hydroxylation sites is 1. The third-order valence-corrected chi connectivity index (χ3v) is 8.54. The molecular weight excluding hydrogens is 514 g/mol. The summed E-state index contributed by atoms with van der Waals surface area (Å²) in [5.41, 5.74) is 7.62. The van der Waals surface area contributed by atoms with Crippen LogP contribution in [-0.2, 0) is 15.9 Å². The second kappa shape index (κ2) is 10.8. The molecule has 41 heavy (non-hydrogen) atoms. The number of hydrogen-bond acceptors (Lipinski definition) is 5. The molecule has 1 fully saturated rings. The Bertz CT molecular complexity index is 1620. The SMILES string of the molecule is COC(=O)c1cnc2c3c(c4cc5cccc(C6CCCCC6)c5n4cc1-2)C(CCNC(=O)OC(C)(C)C)C=CC3. The van der Waals surface area contributed by atoms with Crippen LogP contribution in [-0.4, -0.2) is 40.7 Å². The van der Waals surface area contributed by atoms with Crippen LogP contribution in [0.1, 0.15) is 98.2 Å². The van der Waals surface area contributed by atoms with Gasteiger partial charge in [0, 0.05) is 35.8 Å². The third-order valence-electron chi connectivity index (χ3n) is 8.54. The summed E-state index contributed by atoms with van der Waals surface area (Å²) in [5, 5.41) is 4.14. The van der Waals surface area contributed by atoms with Crippen LogP contribution in [0.3, 0.4) is 0 Å². The summed E-state index contributed by atoms with van der Waals surface area (Å²) in [7, 11) is 1.41. The van der Waals surface area contributed by atoms with E-state index in [9.17, 15) is 9.59 Å². The number of ether oxygens (including phenoxy) is 2. The van der Waals surface area contributed by atoms with Gasteiger partial charge in [-0.05, 0) is 75.1 Å². The zero-order valence-electron chi connectivity index (χ0n) is 24.5. The lowest BCUT2D eigenvalue weighted by Gasteiger charge is -2.23. The van der Waals surface area contributed by atoms with Gasteiger partial charge in [-0.3, -0.25) is 4.98 Å². The topological polar surface area (TPSA) is 81.9 Å². The molecule has 0 spiro atoms. The van der Waals surface area contributed by atoms with Crippen molar-refractivity contribution in [3.05, 3.63) is 71.1 Å². The number of benzene rings is 1. The average molecular weight is 554 g/mol.